The molecule has 0 bridgehead atoms. The van der Waals surface area contributed by atoms with Crippen molar-refractivity contribution in [1.82, 2.24) is 4.90 Å². The van der Waals surface area contributed by atoms with Gasteiger partial charge >= 0.3 is 0 Å². The van der Waals surface area contributed by atoms with Gasteiger partial charge in [0.2, 0.25) is 5.91 Å². The maximum absolute atomic E-state index is 12.9. The quantitative estimate of drug-likeness (QED) is 0.709. The highest BCUT2D eigenvalue weighted by atomic mass is 35.5. The summed E-state index contributed by atoms with van der Waals surface area (Å²) in [7, 11) is 0. The Morgan fingerprint density at radius 3 is 2.50 bits per heavy atom. The van der Waals surface area contributed by atoms with E-state index in [1.165, 1.54) is 11.8 Å². The van der Waals surface area contributed by atoms with Gasteiger partial charge in [-0.15, -0.1) is 11.8 Å². The first-order chi connectivity index (χ1) is 13.6. The van der Waals surface area contributed by atoms with Gasteiger partial charge in [0.15, 0.2) is 0 Å². The largest absolute Gasteiger partial charge is 0.378 e. The van der Waals surface area contributed by atoms with Gasteiger partial charge in [-0.3, -0.25) is 9.59 Å². The van der Waals surface area contributed by atoms with Crippen molar-refractivity contribution in [3.63, 3.8) is 0 Å². The van der Waals surface area contributed by atoms with Crippen LogP contribution in [0.25, 0.3) is 0 Å². The lowest BCUT2D eigenvalue weighted by atomic mass is 10.1. The monoisotopic (exact) mass is 418 g/mol. The number of carbonyl (C=O) groups excluding carboxylic acids is 2. The molecule has 0 aliphatic carbocycles. The highest BCUT2D eigenvalue weighted by Crippen LogP contribution is 2.28. The summed E-state index contributed by atoms with van der Waals surface area (Å²) < 4.78 is 5.32. The smallest absolute Gasteiger partial charge is 0.256 e. The maximum Gasteiger partial charge on any atom is 0.256 e. The number of morpholine rings is 1. The van der Waals surface area contributed by atoms with Crippen molar-refractivity contribution in [3.8, 4) is 0 Å². The third kappa shape index (κ3) is 5.28. The van der Waals surface area contributed by atoms with Crippen LogP contribution in [0.15, 0.2) is 53.4 Å². The Labute approximate surface area is 174 Å². The summed E-state index contributed by atoms with van der Waals surface area (Å²) in [6, 6.07) is 14.6. The average Bonchev–Trinajstić information content (AvgIpc) is 2.73. The van der Waals surface area contributed by atoms with E-state index in [9.17, 15) is 9.59 Å². The highest BCUT2D eigenvalue weighted by Gasteiger charge is 2.23. The molecule has 1 heterocycles. The molecule has 1 saturated heterocycles. The molecule has 0 radical (unpaired) electrons. The molecule has 1 fully saturated rings. The molecule has 28 heavy (non-hydrogen) atoms. The number of hydrogen-bond donors (Lipinski definition) is 1. The van der Waals surface area contributed by atoms with Crippen molar-refractivity contribution in [2.24, 2.45) is 0 Å². The van der Waals surface area contributed by atoms with Crippen LogP contribution in [-0.4, -0.2) is 48.3 Å². The Balaban J connectivity index is 1.72. The Hall–Kier alpha value is -2.02. The van der Waals surface area contributed by atoms with E-state index in [0.717, 1.165) is 4.90 Å². The van der Waals surface area contributed by atoms with Gasteiger partial charge in [0.1, 0.15) is 0 Å². The molecule has 0 saturated carbocycles. The highest BCUT2D eigenvalue weighted by molar-refractivity contribution is 8.00. The summed E-state index contributed by atoms with van der Waals surface area (Å²) in [6.07, 6.45) is 0.665. The number of carbonyl (C=O) groups is 2. The van der Waals surface area contributed by atoms with Crippen LogP contribution < -0.4 is 5.32 Å². The van der Waals surface area contributed by atoms with E-state index in [1.807, 2.05) is 43.3 Å². The van der Waals surface area contributed by atoms with Crippen molar-refractivity contribution in [2.45, 2.75) is 23.5 Å². The van der Waals surface area contributed by atoms with E-state index in [4.69, 9.17) is 16.3 Å². The fraction of sp³-hybridized carbons (Fsp3) is 0.333. The van der Waals surface area contributed by atoms with E-state index >= 15 is 0 Å². The number of amides is 2. The Bertz CT molecular complexity index is 823. The lowest BCUT2D eigenvalue weighted by molar-refractivity contribution is -0.115. The van der Waals surface area contributed by atoms with E-state index in [-0.39, 0.29) is 17.1 Å². The minimum absolute atomic E-state index is 0.0856. The van der Waals surface area contributed by atoms with Crippen molar-refractivity contribution in [2.75, 3.05) is 31.6 Å². The van der Waals surface area contributed by atoms with Gasteiger partial charge in [-0.1, -0.05) is 30.7 Å². The van der Waals surface area contributed by atoms with Crippen LogP contribution in [0.2, 0.25) is 5.02 Å². The van der Waals surface area contributed by atoms with Crippen LogP contribution in [-0.2, 0) is 9.53 Å². The molecule has 1 aliphatic heterocycles. The zero-order valence-electron chi connectivity index (χ0n) is 15.7. The number of nitrogens with one attached hydrogen (secondary N) is 1. The fourth-order valence-electron chi connectivity index (χ4n) is 2.93. The number of benzene rings is 2. The molecule has 0 unspecified atom stereocenters. The molecule has 1 atom stereocenters. The van der Waals surface area contributed by atoms with Crippen LogP contribution >= 0.6 is 23.4 Å². The molecule has 2 aromatic carbocycles. The lowest BCUT2D eigenvalue weighted by Gasteiger charge is -2.27. The molecule has 5 nitrogen and oxygen atoms in total. The zero-order chi connectivity index (χ0) is 19.9. The summed E-state index contributed by atoms with van der Waals surface area (Å²) in [5, 5.41) is 3.34. The number of rotatable bonds is 6. The topological polar surface area (TPSA) is 58.6 Å². The van der Waals surface area contributed by atoms with E-state index < -0.39 is 0 Å². The first kappa shape index (κ1) is 20.7. The van der Waals surface area contributed by atoms with Gasteiger partial charge in [-0.2, -0.15) is 0 Å². The van der Waals surface area contributed by atoms with Crippen LogP contribution in [0.4, 0.5) is 5.69 Å². The van der Waals surface area contributed by atoms with E-state index in [2.05, 4.69) is 5.32 Å². The van der Waals surface area contributed by atoms with Crippen LogP contribution in [0.3, 0.4) is 0 Å². The number of hydrogen-bond acceptors (Lipinski definition) is 4. The standard InChI is InChI=1S/C21H23ClN2O3S/c1-2-19(28-16-9-7-15(22)8-10-16)20(25)23-18-6-4-3-5-17(18)21(26)24-11-13-27-14-12-24/h3-10,19H,2,11-14H2,1H3,(H,23,25)/t19-/m1/s1. The predicted octanol–water partition coefficient (Wildman–Crippen LogP) is 4.32. The van der Waals surface area contributed by atoms with Crippen molar-refractivity contribution in [1.29, 1.82) is 0 Å². The third-order valence-corrected chi connectivity index (χ3v) is 6.10. The zero-order valence-corrected chi connectivity index (χ0v) is 17.3. The van der Waals surface area contributed by atoms with Gasteiger partial charge in [-0.25, -0.2) is 0 Å². The Morgan fingerprint density at radius 1 is 1.14 bits per heavy atom. The summed E-state index contributed by atoms with van der Waals surface area (Å²) in [6.45, 7) is 4.17. The number of para-hydroxylation sites is 1. The molecule has 148 valence electrons. The second-order valence-electron chi connectivity index (χ2n) is 6.41. The Kier molecular flexibility index (Phi) is 7.36. The van der Waals surface area contributed by atoms with Crippen LogP contribution in [0.1, 0.15) is 23.7 Å². The predicted molar refractivity (Wildman–Crippen MR) is 113 cm³/mol. The van der Waals surface area contributed by atoms with Gasteiger partial charge in [0, 0.05) is 23.0 Å². The summed E-state index contributed by atoms with van der Waals surface area (Å²) in [5.74, 6) is -0.206. The summed E-state index contributed by atoms with van der Waals surface area (Å²) >= 11 is 7.42. The lowest BCUT2D eigenvalue weighted by Crippen LogP contribution is -2.41. The molecule has 0 aromatic heterocycles. The SMILES string of the molecule is CC[C@@H](Sc1ccc(Cl)cc1)C(=O)Nc1ccccc1C(=O)N1CCOCC1. The fourth-order valence-corrected chi connectivity index (χ4v) is 4.01. The molecular formula is C21H23ClN2O3S. The van der Waals surface area contributed by atoms with E-state index in [0.29, 0.717) is 49.0 Å². The summed E-state index contributed by atoms with van der Waals surface area (Å²) in [4.78, 5) is 28.5. The van der Waals surface area contributed by atoms with Gasteiger partial charge < -0.3 is 15.0 Å². The van der Waals surface area contributed by atoms with Crippen LogP contribution in [0.5, 0.6) is 0 Å². The van der Waals surface area contributed by atoms with Gasteiger partial charge in [0.05, 0.1) is 29.7 Å². The minimum atomic E-state index is -0.271. The molecule has 2 aromatic rings. The Morgan fingerprint density at radius 2 is 1.82 bits per heavy atom. The minimum Gasteiger partial charge on any atom is -0.378 e. The molecule has 3 rings (SSSR count). The second-order valence-corrected chi connectivity index (χ2v) is 8.12. The second kappa shape index (κ2) is 9.96. The molecule has 1 aliphatic rings. The summed E-state index contributed by atoms with van der Waals surface area (Å²) in [5.41, 5.74) is 1.04. The van der Waals surface area contributed by atoms with Gasteiger partial charge in [-0.05, 0) is 42.8 Å². The average molecular weight is 419 g/mol. The first-order valence-corrected chi connectivity index (χ1v) is 10.5. The number of nitrogens with zero attached hydrogens (tertiary/aromatic N) is 1. The normalized spacial score (nSPS) is 15.1. The van der Waals surface area contributed by atoms with Crippen molar-refractivity contribution in [3.05, 3.63) is 59.1 Å². The first-order valence-electron chi connectivity index (χ1n) is 9.27. The van der Waals surface area contributed by atoms with Crippen molar-refractivity contribution >= 4 is 40.9 Å². The number of anilines is 1. The molecule has 1 N–H and O–H groups in total. The molecule has 0 spiro atoms. The van der Waals surface area contributed by atoms with Crippen LogP contribution in [0, 0.1) is 0 Å². The molecule has 2 amide bonds. The molecule has 7 heteroatoms. The number of thioether (sulfide) groups is 1. The molecular weight excluding hydrogens is 396 g/mol. The maximum atomic E-state index is 12.9. The van der Waals surface area contributed by atoms with Crippen molar-refractivity contribution < 1.29 is 14.3 Å². The number of ether oxygens (including phenoxy) is 1. The van der Waals surface area contributed by atoms with Gasteiger partial charge in [0.25, 0.3) is 5.91 Å². The third-order valence-electron chi connectivity index (χ3n) is 4.47. The number of halogens is 1. The van der Waals surface area contributed by atoms with E-state index in [1.54, 1.807) is 17.0 Å².